The lowest BCUT2D eigenvalue weighted by Gasteiger charge is -2.49. The summed E-state index contributed by atoms with van der Waals surface area (Å²) in [5, 5.41) is 6.74. The van der Waals surface area contributed by atoms with E-state index in [0.717, 1.165) is 32.1 Å². The summed E-state index contributed by atoms with van der Waals surface area (Å²) in [5.74, 6) is -0.601. The third-order valence-corrected chi connectivity index (χ3v) is 8.71. The molecule has 5 heterocycles. The first-order chi connectivity index (χ1) is 17.3. The number of thiophene rings is 1. The minimum Gasteiger partial charge on any atom is -0.395 e. The fourth-order valence-electron chi connectivity index (χ4n) is 3.91. The monoisotopic (exact) mass is 562 g/mol. The van der Waals surface area contributed by atoms with Crippen LogP contribution in [0.1, 0.15) is 17.6 Å². The maximum atomic E-state index is 13.2. The maximum Gasteiger partial charge on any atom is 0.278 e. The number of rotatable bonds is 7. The van der Waals surface area contributed by atoms with Crippen molar-refractivity contribution in [2.45, 2.75) is 18.3 Å². The van der Waals surface area contributed by atoms with Crippen molar-refractivity contribution in [2.24, 2.45) is 12.2 Å². The average Bonchev–Trinajstić information content (AvgIpc) is 3.47. The van der Waals surface area contributed by atoms with Crippen molar-refractivity contribution in [3.05, 3.63) is 40.9 Å². The summed E-state index contributed by atoms with van der Waals surface area (Å²) >= 11 is 8.00. The van der Waals surface area contributed by atoms with E-state index in [0.29, 0.717) is 5.75 Å². The predicted molar refractivity (Wildman–Crippen MR) is 141 cm³/mol. The van der Waals surface area contributed by atoms with Crippen molar-refractivity contribution in [3.63, 3.8) is 0 Å². The van der Waals surface area contributed by atoms with Crippen LogP contribution < -0.4 is 15.6 Å². The second kappa shape index (κ2) is 9.80. The number of carbonyl (C=O) groups excluding carboxylic acids is 3. The Bertz CT molecular complexity index is 1460. The molecule has 0 aromatic carbocycles. The van der Waals surface area contributed by atoms with Gasteiger partial charge in [-0.1, -0.05) is 17.8 Å². The van der Waals surface area contributed by atoms with Crippen molar-refractivity contribution >= 4 is 90.7 Å². The number of thioether (sulfide) groups is 1. The van der Waals surface area contributed by atoms with Gasteiger partial charge in [0, 0.05) is 38.5 Å². The number of hydrogen-bond acceptors (Lipinski definition) is 11. The summed E-state index contributed by atoms with van der Waals surface area (Å²) in [6.45, 7) is 1.94. The highest BCUT2D eigenvalue weighted by Crippen LogP contribution is 2.45. The van der Waals surface area contributed by atoms with E-state index in [9.17, 15) is 14.4 Å². The molecule has 2 amide bonds. The van der Waals surface area contributed by atoms with Gasteiger partial charge in [-0.05, 0) is 13.0 Å². The highest BCUT2D eigenvalue weighted by molar-refractivity contribution is 8.00. The van der Waals surface area contributed by atoms with E-state index in [1.165, 1.54) is 16.7 Å². The smallest absolute Gasteiger partial charge is 0.278 e. The van der Waals surface area contributed by atoms with Crippen molar-refractivity contribution < 1.29 is 23.8 Å². The number of β-lactam (4-membered cyclic amide) rings is 1. The molecule has 36 heavy (non-hydrogen) atoms. The van der Waals surface area contributed by atoms with Crippen molar-refractivity contribution in [1.29, 1.82) is 0 Å². The molecule has 0 bridgehead atoms. The van der Waals surface area contributed by atoms with Crippen LogP contribution in [0.3, 0.4) is 0 Å². The van der Waals surface area contributed by atoms with Crippen LogP contribution in [0.25, 0.3) is 15.7 Å². The number of oxime groups is 1. The van der Waals surface area contributed by atoms with E-state index in [2.05, 4.69) is 32.5 Å². The topological polar surface area (TPSA) is 144 Å². The number of nitrogen functional groups attached to an aromatic ring is 1. The summed E-state index contributed by atoms with van der Waals surface area (Å²) in [5.41, 5.74) is 6.45. The second-order valence-corrected chi connectivity index (χ2v) is 11.2. The maximum absolute atomic E-state index is 13.2. The molecule has 2 aliphatic heterocycles. The Morgan fingerprint density at radius 2 is 2.25 bits per heavy atom. The number of amides is 2. The molecule has 15 heteroatoms. The number of hydrogen-bond donors (Lipinski definition) is 3. The first-order valence-corrected chi connectivity index (χ1v) is 13.8. The van der Waals surface area contributed by atoms with E-state index >= 15 is 0 Å². The fourth-order valence-corrected chi connectivity index (χ4v) is 7.12. The average molecular weight is 563 g/mol. The number of carbonyl (C=O) groups is 3. The van der Waals surface area contributed by atoms with Gasteiger partial charge in [0.25, 0.3) is 11.8 Å². The molecule has 5 rings (SSSR count). The highest BCUT2D eigenvalue weighted by atomic mass is 32.2. The summed E-state index contributed by atoms with van der Waals surface area (Å²) in [7, 11) is 1.94. The number of nitrogens with zero attached hydrogens (tertiary/aromatic N) is 5. The van der Waals surface area contributed by atoms with E-state index < -0.39 is 28.3 Å². The van der Waals surface area contributed by atoms with E-state index in [1.807, 2.05) is 36.1 Å². The number of nitrogens with one attached hydrogen (secondary N) is 1. The van der Waals surface area contributed by atoms with Gasteiger partial charge in [-0.2, -0.15) is 9.36 Å². The number of aromatic nitrogens is 3. The van der Waals surface area contributed by atoms with Crippen LogP contribution in [-0.2, 0) is 26.3 Å². The summed E-state index contributed by atoms with van der Waals surface area (Å²) in [4.78, 5) is 50.1. The Balaban J connectivity index is 1.41. The largest absolute Gasteiger partial charge is 0.395 e. The summed E-state index contributed by atoms with van der Waals surface area (Å²) < 4.78 is 7.04. The normalized spacial score (nSPS) is 19.8. The number of nitrogens with two attached hydrogens (primary N) is 1. The Morgan fingerprint density at radius 3 is 2.94 bits per heavy atom. The first-order valence-electron chi connectivity index (χ1n) is 10.7. The third-order valence-electron chi connectivity index (χ3n) is 5.50. The number of fused-ring (bicyclic) bond motifs is 2. The van der Waals surface area contributed by atoms with Gasteiger partial charge in [0.2, 0.25) is 16.7 Å². The van der Waals surface area contributed by atoms with Crippen LogP contribution in [0, 0.1) is 0 Å². The van der Waals surface area contributed by atoms with E-state index in [1.54, 1.807) is 18.3 Å². The number of anilines is 1. The molecule has 3 aromatic heterocycles. The van der Waals surface area contributed by atoms with E-state index in [4.69, 9.17) is 10.6 Å². The Kier molecular flexibility index (Phi) is 6.72. The fraction of sp³-hybridized carbons (Fsp3) is 0.286. The number of thiol groups is 1. The quantitative estimate of drug-likeness (QED) is 0.128. The molecule has 3 aromatic rings. The lowest BCUT2D eigenvalue weighted by molar-refractivity contribution is -0.670. The molecular weight excluding hydrogens is 543 g/mol. The van der Waals surface area contributed by atoms with Gasteiger partial charge >= 0.3 is 0 Å². The van der Waals surface area contributed by atoms with Crippen LogP contribution in [0.2, 0.25) is 0 Å². The number of pyridine rings is 1. The lowest BCUT2D eigenvalue weighted by Crippen LogP contribution is -2.70. The van der Waals surface area contributed by atoms with Crippen LogP contribution in [-0.4, -0.2) is 60.7 Å². The molecule has 0 aliphatic carbocycles. The molecule has 0 unspecified atom stereocenters. The molecule has 1 saturated heterocycles. The van der Waals surface area contributed by atoms with E-state index in [-0.39, 0.29) is 29.0 Å². The molecule has 1 fully saturated rings. The van der Waals surface area contributed by atoms with Crippen LogP contribution in [0.15, 0.2) is 35.4 Å². The third kappa shape index (κ3) is 4.36. The SMILES string of the molecule is CCO/N=C(\C(=O)N[C@@H]1C(=O)N2C(C(=O)S)=C(c3cc4c[n+](C)ccc4s3)CS[C@H]12)c1nsc(N)n1. The Labute approximate surface area is 223 Å². The van der Waals surface area contributed by atoms with Crippen LogP contribution in [0.4, 0.5) is 5.13 Å². The lowest BCUT2D eigenvalue weighted by atomic mass is 10.0. The summed E-state index contributed by atoms with van der Waals surface area (Å²) in [6.07, 6.45) is 3.96. The zero-order valence-electron chi connectivity index (χ0n) is 19.0. The Hall–Kier alpha value is -3.01. The van der Waals surface area contributed by atoms with Gasteiger partial charge < -0.3 is 15.9 Å². The minimum atomic E-state index is -0.865. The second-order valence-electron chi connectivity index (χ2n) is 7.85. The van der Waals surface area contributed by atoms with Gasteiger partial charge in [0.15, 0.2) is 17.5 Å². The molecule has 2 aliphatic rings. The molecule has 0 saturated carbocycles. The van der Waals surface area contributed by atoms with Crippen LogP contribution >= 0.6 is 47.3 Å². The van der Waals surface area contributed by atoms with Gasteiger partial charge in [-0.25, -0.2) is 4.57 Å². The predicted octanol–water partition coefficient (Wildman–Crippen LogP) is 1.17. The molecule has 0 radical (unpaired) electrons. The molecule has 2 atom stereocenters. The molecular formula is C21H20N7O4S4+. The highest BCUT2D eigenvalue weighted by Gasteiger charge is 2.54. The van der Waals surface area contributed by atoms with Crippen molar-refractivity contribution in [1.82, 2.24) is 19.6 Å². The Morgan fingerprint density at radius 1 is 1.44 bits per heavy atom. The summed E-state index contributed by atoms with van der Waals surface area (Å²) in [6, 6.07) is 3.16. The van der Waals surface area contributed by atoms with Crippen LogP contribution in [0.5, 0.6) is 0 Å². The zero-order valence-corrected chi connectivity index (χ0v) is 22.3. The molecule has 3 N–H and O–H groups in total. The standard InChI is InChI=1S/C21H19N7O4S4/c1-3-32-25-13(16-24-21(22)36-26-16)17(29)23-14-18(30)28-15(20(31)33)10(8-34-19(14)28)12-6-9-7-27(2)5-4-11(9)35-12/h4-7,14,19H,3,8H2,1-2H3,(H3-,22,23,24,26,29,31,33)/p+1/b25-13-/t14-,19-/m1/s1. The van der Waals surface area contributed by atoms with Gasteiger partial charge in [0.05, 0.1) is 5.39 Å². The minimum absolute atomic E-state index is 0.00921. The van der Waals surface area contributed by atoms with Crippen molar-refractivity contribution in [2.75, 3.05) is 18.1 Å². The van der Waals surface area contributed by atoms with Gasteiger partial charge in [-0.15, -0.1) is 23.1 Å². The molecule has 186 valence electrons. The first kappa shape index (κ1) is 24.7. The molecule has 11 nitrogen and oxygen atoms in total. The number of aryl methyl sites for hydroxylation is 1. The van der Waals surface area contributed by atoms with Gasteiger partial charge in [-0.3, -0.25) is 19.3 Å². The van der Waals surface area contributed by atoms with Gasteiger partial charge in [0.1, 0.15) is 30.8 Å². The molecule has 0 spiro atoms. The zero-order chi connectivity index (χ0) is 25.6. The van der Waals surface area contributed by atoms with Crippen molar-refractivity contribution in [3.8, 4) is 0 Å².